The Morgan fingerprint density at radius 1 is 0.684 bits per heavy atom. The molecule has 2 aromatic carbocycles. The maximum Gasteiger partial charge on any atom is 0.0714 e. The lowest BCUT2D eigenvalue weighted by atomic mass is 10.3. The first-order chi connectivity index (χ1) is 9.24. The van der Waals surface area contributed by atoms with Crippen molar-refractivity contribution < 1.29 is 0 Å². The van der Waals surface area contributed by atoms with Crippen LogP contribution in [0.4, 0.5) is 11.4 Å². The smallest absolute Gasteiger partial charge is 0.0714 e. The maximum atomic E-state index is 3.48. The van der Waals surface area contributed by atoms with Gasteiger partial charge in [-0.05, 0) is 38.1 Å². The minimum Gasteiger partial charge on any atom is -0.373 e. The third kappa shape index (κ3) is 4.87. The first-order valence-corrected chi connectivity index (χ1v) is 7.47. The van der Waals surface area contributed by atoms with Crippen molar-refractivity contribution in [2.45, 2.75) is 24.6 Å². The molecule has 0 aromatic heterocycles. The summed E-state index contributed by atoms with van der Waals surface area (Å²) in [6.07, 6.45) is 0. The van der Waals surface area contributed by atoms with Crippen molar-refractivity contribution in [1.82, 2.24) is 0 Å². The maximum absolute atomic E-state index is 3.48. The summed E-state index contributed by atoms with van der Waals surface area (Å²) >= 11 is 1.87. The van der Waals surface area contributed by atoms with Crippen LogP contribution in [0.2, 0.25) is 0 Å². The van der Waals surface area contributed by atoms with Crippen molar-refractivity contribution in [1.29, 1.82) is 0 Å². The highest BCUT2D eigenvalue weighted by Crippen LogP contribution is 2.21. The van der Waals surface area contributed by atoms with Gasteiger partial charge in [0.1, 0.15) is 0 Å². The van der Waals surface area contributed by atoms with Crippen molar-refractivity contribution >= 4 is 23.1 Å². The van der Waals surface area contributed by atoms with E-state index in [1.807, 2.05) is 48.2 Å². The number of thioether (sulfide) groups is 1. The van der Waals surface area contributed by atoms with Gasteiger partial charge in [0.15, 0.2) is 0 Å². The zero-order chi connectivity index (χ0) is 13.5. The number of benzene rings is 2. The summed E-state index contributed by atoms with van der Waals surface area (Å²) < 4.78 is 0. The Bertz CT molecular complexity index is 427. The molecule has 3 heteroatoms. The molecule has 0 aliphatic carbocycles. The molecule has 2 N–H and O–H groups in total. The minimum absolute atomic E-state index is 0.355. The third-order valence-corrected chi connectivity index (χ3v) is 3.75. The molecule has 0 bridgehead atoms. The first-order valence-electron chi connectivity index (χ1n) is 6.52. The normalized spacial score (nSPS) is 13.6. The van der Waals surface area contributed by atoms with Crippen LogP contribution in [0.15, 0.2) is 60.7 Å². The molecular formula is C16H20N2S. The molecule has 0 saturated heterocycles. The van der Waals surface area contributed by atoms with Gasteiger partial charge in [0.05, 0.1) is 10.7 Å². The van der Waals surface area contributed by atoms with Crippen LogP contribution < -0.4 is 10.6 Å². The molecule has 0 saturated carbocycles. The largest absolute Gasteiger partial charge is 0.373 e. The highest BCUT2D eigenvalue weighted by molar-refractivity contribution is 8.00. The van der Waals surface area contributed by atoms with Gasteiger partial charge in [-0.3, -0.25) is 0 Å². The van der Waals surface area contributed by atoms with E-state index in [1.165, 1.54) is 0 Å². The summed E-state index contributed by atoms with van der Waals surface area (Å²) in [4.78, 5) is 0. The molecular weight excluding hydrogens is 252 g/mol. The topological polar surface area (TPSA) is 24.1 Å². The van der Waals surface area contributed by atoms with Gasteiger partial charge in [-0.15, -0.1) is 11.8 Å². The monoisotopic (exact) mass is 272 g/mol. The average molecular weight is 272 g/mol. The van der Waals surface area contributed by atoms with E-state index in [0.717, 1.165) is 11.4 Å². The summed E-state index contributed by atoms with van der Waals surface area (Å²) in [5.41, 5.74) is 2.32. The van der Waals surface area contributed by atoms with Gasteiger partial charge in [0.2, 0.25) is 0 Å². The van der Waals surface area contributed by atoms with Crippen LogP contribution in [-0.2, 0) is 0 Å². The molecule has 0 radical (unpaired) electrons. The lowest BCUT2D eigenvalue weighted by Gasteiger charge is -2.21. The van der Waals surface area contributed by atoms with Gasteiger partial charge in [-0.1, -0.05) is 36.4 Å². The van der Waals surface area contributed by atoms with Crippen molar-refractivity contribution in [2.75, 3.05) is 10.6 Å². The molecule has 0 amide bonds. The highest BCUT2D eigenvalue weighted by atomic mass is 32.2. The Morgan fingerprint density at radius 2 is 1.05 bits per heavy atom. The van der Waals surface area contributed by atoms with Gasteiger partial charge >= 0.3 is 0 Å². The predicted octanol–water partition coefficient (Wildman–Crippen LogP) is 4.64. The van der Waals surface area contributed by atoms with Crippen molar-refractivity contribution in [2.24, 2.45) is 0 Å². The lowest BCUT2D eigenvalue weighted by Crippen LogP contribution is -2.19. The first kappa shape index (κ1) is 13.8. The molecule has 0 aliphatic rings. The number of anilines is 2. The molecule has 100 valence electrons. The number of para-hydroxylation sites is 2. The van der Waals surface area contributed by atoms with Crippen LogP contribution in [0.5, 0.6) is 0 Å². The summed E-state index contributed by atoms with van der Waals surface area (Å²) in [5.74, 6) is 0. The summed E-state index contributed by atoms with van der Waals surface area (Å²) in [5, 5.41) is 7.67. The minimum atomic E-state index is 0.355. The average Bonchev–Trinajstić information content (AvgIpc) is 2.40. The molecule has 2 aromatic rings. The molecule has 19 heavy (non-hydrogen) atoms. The van der Waals surface area contributed by atoms with E-state index in [4.69, 9.17) is 0 Å². The van der Waals surface area contributed by atoms with Gasteiger partial charge in [-0.2, -0.15) is 0 Å². The number of hydrogen-bond acceptors (Lipinski definition) is 3. The van der Waals surface area contributed by atoms with E-state index in [0.29, 0.717) is 10.7 Å². The molecule has 0 aliphatic heterocycles. The Morgan fingerprint density at radius 3 is 1.42 bits per heavy atom. The lowest BCUT2D eigenvalue weighted by molar-refractivity contribution is 1.06. The van der Waals surface area contributed by atoms with E-state index in [-0.39, 0.29) is 0 Å². The van der Waals surface area contributed by atoms with Crippen LogP contribution in [0.3, 0.4) is 0 Å². The van der Waals surface area contributed by atoms with Crippen molar-refractivity contribution in [3.63, 3.8) is 0 Å². The highest BCUT2D eigenvalue weighted by Gasteiger charge is 2.08. The van der Waals surface area contributed by atoms with Crippen LogP contribution >= 0.6 is 11.8 Å². The molecule has 0 spiro atoms. The standard InChI is InChI=1S/C16H20N2S/c1-13(17-15-9-5-3-6-10-15)19-14(2)18-16-11-7-4-8-12-16/h3-14,17-18H,1-2H3. The van der Waals surface area contributed by atoms with Crippen LogP contribution in [0.1, 0.15) is 13.8 Å². The number of rotatable bonds is 6. The summed E-state index contributed by atoms with van der Waals surface area (Å²) in [6.45, 7) is 4.36. The Hall–Kier alpha value is -1.61. The molecule has 2 atom stereocenters. The summed E-state index contributed by atoms with van der Waals surface area (Å²) in [6, 6.07) is 20.6. The van der Waals surface area contributed by atoms with Gasteiger partial charge < -0.3 is 10.6 Å². The number of hydrogen-bond donors (Lipinski definition) is 2. The summed E-state index contributed by atoms with van der Waals surface area (Å²) in [7, 11) is 0. The van der Waals surface area contributed by atoms with E-state index in [1.54, 1.807) is 0 Å². The SMILES string of the molecule is CC(Nc1ccccc1)SC(C)Nc1ccccc1. The quantitative estimate of drug-likeness (QED) is 0.749. The van der Waals surface area contributed by atoms with Crippen molar-refractivity contribution in [3.05, 3.63) is 60.7 Å². The third-order valence-electron chi connectivity index (χ3n) is 2.70. The molecule has 0 fully saturated rings. The Kier molecular flexibility index (Phi) is 5.16. The van der Waals surface area contributed by atoms with Gasteiger partial charge in [0.25, 0.3) is 0 Å². The Labute approximate surface area is 119 Å². The second kappa shape index (κ2) is 7.10. The van der Waals surface area contributed by atoms with Crippen molar-refractivity contribution in [3.8, 4) is 0 Å². The van der Waals surface area contributed by atoms with Crippen LogP contribution in [0.25, 0.3) is 0 Å². The van der Waals surface area contributed by atoms with Gasteiger partial charge in [-0.25, -0.2) is 0 Å². The van der Waals surface area contributed by atoms with E-state index in [9.17, 15) is 0 Å². The van der Waals surface area contributed by atoms with Crippen LogP contribution in [-0.4, -0.2) is 10.7 Å². The zero-order valence-electron chi connectivity index (χ0n) is 11.3. The fraction of sp³-hybridized carbons (Fsp3) is 0.250. The Balaban J connectivity index is 1.80. The van der Waals surface area contributed by atoms with Crippen LogP contribution in [0, 0.1) is 0 Å². The molecule has 0 heterocycles. The zero-order valence-corrected chi connectivity index (χ0v) is 12.2. The molecule has 2 rings (SSSR count). The van der Waals surface area contributed by atoms with E-state index < -0.39 is 0 Å². The number of nitrogens with one attached hydrogen (secondary N) is 2. The molecule has 2 unspecified atom stereocenters. The second-order valence-electron chi connectivity index (χ2n) is 4.44. The second-order valence-corrected chi connectivity index (χ2v) is 6.13. The fourth-order valence-corrected chi connectivity index (χ4v) is 2.93. The van der Waals surface area contributed by atoms with Gasteiger partial charge in [0, 0.05) is 11.4 Å². The predicted molar refractivity (Wildman–Crippen MR) is 86.6 cm³/mol. The van der Waals surface area contributed by atoms with E-state index >= 15 is 0 Å². The van der Waals surface area contributed by atoms with E-state index in [2.05, 4.69) is 48.7 Å². The molecule has 2 nitrogen and oxygen atoms in total. The fourth-order valence-electron chi connectivity index (χ4n) is 1.91.